The van der Waals surface area contributed by atoms with Gasteiger partial charge >= 0.3 is 5.97 Å². The van der Waals surface area contributed by atoms with E-state index in [-0.39, 0.29) is 5.91 Å². The Bertz CT molecular complexity index is 993. The van der Waals surface area contributed by atoms with Gasteiger partial charge in [-0.25, -0.2) is 9.48 Å². The Kier molecular flexibility index (Phi) is 5.33. The smallest absolute Gasteiger partial charge is 0.335 e. The minimum atomic E-state index is -0.890. The van der Waals surface area contributed by atoms with Crippen molar-refractivity contribution >= 4 is 11.9 Å². The lowest BCUT2D eigenvalue weighted by molar-refractivity contribution is 0.0690. The van der Waals surface area contributed by atoms with Crippen LogP contribution in [0, 0.1) is 5.92 Å². The minimum Gasteiger partial charge on any atom is -0.478 e. The Labute approximate surface area is 167 Å². The highest BCUT2D eigenvalue weighted by Gasteiger charge is 2.25. The number of aromatic carboxylic acids is 1. The van der Waals surface area contributed by atoms with Gasteiger partial charge in [0.1, 0.15) is 6.33 Å². The summed E-state index contributed by atoms with van der Waals surface area (Å²) >= 11 is 0. The molecule has 3 aromatic rings. The fraction of sp³-hybridized carbons (Fsp3) is 0.286. The largest absolute Gasteiger partial charge is 0.478 e. The highest BCUT2D eigenvalue weighted by atomic mass is 16.4. The highest BCUT2D eigenvalue weighted by Crippen LogP contribution is 2.24. The van der Waals surface area contributed by atoms with E-state index in [4.69, 9.17) is 0 Å². The van der Waals surface area contributed by atoms with Gasteiger partial charge in [-0.2, -0.15) is 0 Å². The predicted octanol–water partition coefficient (Wildman–Crippen LogP) is 2.46. The third kappa shape index (κ3) is 4.16. The lowest BCUT2D eigenvalue weighted by Crippen LogP contribution is -2.39. The molecule has 1 aliphatic heterocycles. The molecule has 0 bridgehead atoms. The number of carbonyl (C=O) groups excluding carboxylic acids is 1. The van der Waals surface area contributed by atoms with Gasteiger partial charge < -0.3 is 10.0 Å². The summed E-state index contributed by atoms with van der Waals surface area (Å²) in [5.41, 5.74) is 2.66. The molecular formula is C21H21N5O3. The molecule has 1 aliphatic rings. The number of carboxylic acids is 1. The molecule has 1 N–H and O–H groups in total. The highest BCUT2D eigenvalue weighted by molar-refractivity contribution is 5.94. The lowest BCUT2D eigenvalue weighted by atomic mass is 9.88. The number of likely N-dealkylation sites (tertiary alicyclic amines) is 1. The van der Waals surface area contributed by atoms with E-state index in [2.05, 4.69) is 15.5 Å². The minimum absolute atomic E-state index is 0.0117. The first-order chi connectivity index (χ1) is 14.1. The number of piperidine rings is 1. The maximum atomic E-state index is 12.8. The van der Waals surface area contributed by atoms with Gasteiger partial charge in [-0.3, -0.25) is 4.79 Å². The lowest BCUT2D eigenvalue weighted by Gasteiger charge is -2.32. The summed E-state index contributed by atoms with van der Waals surface area (Å²) in [4.78, 5) is 26.1. The number of hydrogen-bond acceptors (Lipinski definition) is 5. The Morgan fingerprint density at radius 2 is 1.76 bits per heavy atom. The molecule has 1 fully saturated rings. The van der Waals surface area contributed by atoms with Gasteiger partial charge in [0.15, 0.2) is 0 Å². The van der Waals surface area contributed by atoms with Crippen molar-refractivity contribution in [2.45, 2.75) is 19.3 Å². The molecule has 0 radical (unpaired) electrons. The van der Waals surface area contributed by atoms with Crippen molar-refractivity contribution in [1.82, 2.24) is 25.1 Å². The summed E-state index contributed by atoms with van der Waals surface area (Å²) in [6.45, 7) is 1.35. The monoisotopic (exact) mass is 391 g/mol. The SMILES string of the molecule is O=C(O)c1ccccc1CC1CCN(C(=O)c2ccc(-n3cnnn3)cc2)CC1. The van der Waals surface area contributed by atoms with Crippen LogP contribution in [0.1, 0.15) is 39.1 Å². The van der Waals surface area contributed by atoms with Gasteiger partial charge in [-0.15, -0.1) is 5.10 Å². The number of carbonyl (C=O) groups is 2. The molecule has 2 heterocycles. The average molecular weight is 391 g/mol. The van der Waals surface area contributed by atoms with Crippen molar-refractivity contribution < 1.29 is 14.7 Å². The fourth-order valence-corrected chi connectivity index (χ4v) is 3.78. The van der Waals surface area contributed by atoms with Crippen LogP contribution < -0.4 is 0 Å². The molecular weight excluding hydrogens is 370 g/mol. The van der Waals surface area contributed by atoms with Gasteiger partial charge in [0.05, 0.1) is 11.3 Å². The summed E-state index contributed by atoms with van der Waals surface area (Å²) in [6.07, 6.45) is 3.96. The maximum absolute atomic E-state index is 12.8. The zero-order chi connectivity index (χ0) is 20.2. The molecule has 4 rings (SSSR count). The molecule has 1 amide bonds. The van der Waals surface area contributed by atoms with Crippen molar-refractivity contribution in [3.63, 3.8) is 0 Å². The number of aromatic nitrogens is 4. The van der Waals surface area contributed by atoms with Crippen molar-refractivity contribution in [2.75, 3.05) is 13.1 Å². The maximum Gasteiger partial charge on any atom is 0.335 e. The van der Waals surface area contributed by atoms with Gasteiger partial charge in [0.25, 0.3) is 5.91 Å². The second-order valence-corrected chi connectivity index (χ2v) is 7.20. The van der Waals surface area contributed by atoms with Crippen LogP contribution in [0.15, 0.2) is 54.9 Å². The van der Waals surface area contributed by atoms with Crippen LogP contribution in [0.2, 0.25) is 0 Å². The molecule has 0 aliphatic carbocycles. The predicted molar refractivity (Wildman–Crippen MR) is 105 cm³/mol. The number of nitrogens with zero attached hydrogens (tertiary/aromatic N) is 5. The quantitative estimate of drug-likeness (QED) is 0.717. The second kappa shape index (κ2) is 8.22. The molecule has 2 aromatic carbocycles. The van der Waals surface area contributed by atoms with E-state index >= 15 is 0 Å². The molecule has 0 atom stereocenters. The van der Waals surface area contributed by atoms with E-state index in [9.17, 15) is 14.7 Å². The number of amides is 1. The number of rotatable bonds is 5. The van der Waals surface area contributed by atoms with Crippen molar-refractivity contribution in [2.24, 2.45) is 5.92 Å². The third-order valence-corrected chi connectivity index (χ3v) is 5.39. The first kappa shape index (κ1) is 18.8. The van der Waals surface area contributed by atoms with Crippen LogP contribution >= 0.6 is 0 Å². The molecule has 1 aromatic heterocycles. The van der Waals surface area contributed by atoms with Gasteiger partial charge in [0.2, 0.25) is 0 Å². The van der Waals surface area contributed by atoms with Gasteiger partial charge in [0, 0.05) is 18.7 Å². The Morgan fingerprint density at radius 1 is 1.03 bits per heavy atom. The van der Waals surface area contributed by atoms with Crippen LogP contribution in [0.25, 0.3) is 5.69 Å². The number of benzene rings is 2. The molecule has 29 heavy (non-hydrogen) atoms. The first-order valence-corrected chi connectivity index (χ1v) is 9.55. The van der Waals surface area contributed by atoms with Crippen LogP contribution in [0.5, 0.6) is 0 Å². The molecule has 8 nitrogen and oxygen atoms in total. The van der Waals surface area contributed by atoms with Crippen molar-refractivity contribution in [1.29, 1.82) is 0 Å². The van der Waals surface area contributed by atoms with Crippen LogP contribution in [0.3, 0.4) is 0 Å². The Balaban J connectivity index is 1.36. The van der Waals surface area contributed by atoms with Crippen LogP contribution in [-0.4, -0.2) is 55.2 Å². The summed E-state index contributed by atoms with van der Waals surface area (Å²) in [5, 5.41) is 20.4. The zero-order valence-corrected chi connectivity index (χ0v) is 15.8. The van der Waals surface area contributed by atoms with Crippen molar-refractivity contribution in [3.05, 3.63) is 71.5 Å². The van der Waals surface area contributed by atoms with E-state index in [1.165, 1.54) is 11.0 Å². The molecule has 1 saturated heterocycles. The topological polar surface area (TPSA) is 101 Å². The standard InChI is InChI=1S/C21H21N5O3/c27-20(16-5-7-18(8-6-16)26-14-22-23-24-26)25-11-9-15(10-12-25)13-17-3-1-2-4-19(17)21(28)29/h1-8,14-15H,9-13H2,(H,28,29). The fourth-order valence-electron chi connectivity index (χ4n) is 3.78. The summed E-state index contributed by atoms with van der Waals surface area (Å²) in [6, 6.07) is 14.4. The van der Waals surface area contributed by atoms with Crippen LogP contribution in [-0.2, 0) is 6.42 Å². The van der Waals surface area contributed by atoms with Crippen LogP contribution in [0.4, 0.5) is 0 Å². The Hall–Kier alpha value is -3.55. The molecule has 0 spiro atoms. The number of carboxylic acid groups (broad SMARTS) is 1. The third-order valence-electron chi connectivity index (χ3n) is 5.39. The van der Waals surface area contributed by atoms with E-state index in [0.717, 1.165) is 30.5 Å². The van der Waals surface area contributed by atoms with Crippen molar-refractivity contribution in [3.8, 4) is 5.69 Å². The number of tetrazole rings is 1. The zero-order valence-electron chi connectivity index (χ0n) is 15.8. The Morgan fingerprint density at radius 3 is 2.41 bits per heavy atom. The van der Waals surface area contributed by atoms with Gasteiger partial charge in [-0.1, -0.05) is 18.2 Å². The van der Waals surface area contributed by atoms with Gasteiger partial charge in [-0.05, 0) is 71.5 Å². The normalized spacial score (nSPS) is 14.7. The van der Waals surface area contributed by atoms with E-state index < -0.39 is 5.97 Å². The van der Waals surface area contributed by atoms with E-state index in [1.807, 2.05) is 29.2 Å². The molecule has 0 saturated carbocycles. The summed E-state index contributed by atoms with van der Waals surface area (Å²) in [5.74, 6) is -0.502. The first-order valence-electron chi connectivity index (χ1n) is 9.55. The molecule has 148 valence electrons. The summed E-state index contributed by atoms with van der Waals surface area (Å²) < 4.78 is 1.54. The average Bonchev–Trinajstić information content (AvgIpc) is 3.29. The number of hydrogen-bond donors (Lipinski definition) is 1. The molecule has 0 unspecified atom stereocenters. The van der Waals surface area contributed by atoms with E-state index in [0.29, 0.717) is 30.1 Å². The molecule has 8 heteroatoms. The second-order valence-electron chi connectivity index (χ2n) is 7.20. The van der Waals surface area contributed by atoms with E-state index in [1.54, 1.807) is 24.3 Å². The summed E-state index contributed by atoms with van der Waals surface area (Å²) in [7, 11) is 0.